The van der Waals surface area contributed by atoms with Gasteiger partial charge in [0, 0.05) is 24.4 Å². The Labute approximate surface area is 122 Å². The Morgan fingerprint density at radius 1 is 1.05 bits per heavy atom. The molecule has 1 aliphatic rings. The Morgan fingerprint density at radius 3 is 2.48 bits per heavy atom. The van der Waals surface area contributed by atoms with Gasteiger partial charge in [-0.15, -0.1) is 0 Å². The zero-order valence-corrected chi connectivity index (χ0v) is 11.5. The van der Waals surface area contributed by atoms with Gasteiger partial charge in [-0.3, -0.25) is 9.59 Å². The average Bonchev–Trinajstić information content (AvgIpc) is 2.74. The van der Waals surface area contributed by atoms with Crippen molar-refractivity contribution in [2.45, 2.75) is 0 Å². The summed E-state index contributed by atoms with van der Waals surface area (Å²) in [5, 5.41) is 2.75. The number of nitrogens with zero attached hydrogens (tertiary/aromatic N) is 1. The molecule has 0 radical (unpaired) electrons. The fourth-order valence-electron chi connectivity index (χ4n) is 2.37. The van der Waals surface area contributed by atoms with Gasteiger partial charge in [0.15, 0.2) is 0 Å². The summed E-state index contributed by atoms with van der Waals surface area (Å²) in [4.78, 5) is 25.9. The number of carbonyl (C=O) groups is 2. The quantitative estimate of drug-likeness (QED) is 0.859. The van der Waals surface area contributed by atoms with Crippen LogP contribution >= 0.6 is 0 Å². The predicted octanol–water partition coefficient (Wildman–Crippen LogP) is 2.69. The molecule has 1 N–H and O–H groups in total. The van der Waals surface area contributed by atoms with E-state index in [1.807, 2.05) is 42.5 Å². The lowest BCUT2D eigenvalue weighted by Gasteiger charge is -2.07. The number of fused-ring (bicyclic) bond motifs is 1. The molecule has 0 unspecified atom stereocenters. The second kappa shape index (κ2) is 5.25. The highest BCUT2D eigenvalue weighted by Crippen LogP contribution is 2.35. The van der Waals surface area contributed by atoms with E-state index in [1.165, 1.54) is 6.08 Å². The zero-order chi connectivity index (χ0) is 14.8. The fourth-order valence-corrected chi connectivity index (χ4v) is 2.37. The van der Waals surface area contributed by atoms with E-state index >= 15 is 0 Å². The number of para-hydroxylation sites is 2. The van der Waals surface area contributed by atoms with E-state index in [2.05, 4.69) is 5.32 Å². The molecule has 0 atom stereocenters. The third-order valence-corrected chi connectivity index (χ3v) is 3.41. The van der Waals surface area contributed by atoms with Gasteiger partial charge >= 0.3 is 0 Å². The van der Waals surface area contributed by atoms with Crippen LogP contribution in [0.2, 0.25) is 0 Å². The van der Waals surface area contributed by atoms with Crippen molar-refractivity contribution in [2.24, 2.45) is 0 Å². The summed E-state index contributed by atoms with van der Waals surface area (Å²) < 4.78 is 0. The van der Waals surface area contributed by atoms with E-state index in [0.29, 0.717) is 11.3 Å². The Bertz CT molecular complexity index is 735. The van der Waals surface area contributed by atoms with Gasteiger partial charge in [-0.1, -0.05) is 36.4 Å². The molecular formula is C17H14N2O2. The van der Waals surface area contributed by atoms with E-state index in [0.717, 1.165) is 11.3 Å². The first-order chi connectivity index (χ1) is 10.2. The van der Waals surface area contributed by atoms with Gasteiger partial charge in [0.2, 0.25) is 5.91 Å². The molecule has 4 heteroatoms. The largest absolute Gasteiger partial charge is 0.322 e. The van der Waals surface area contributed by atoms with Crippen LogP contribution in [0.5, 0.6) is 0 Å². The van der Waals surface area contributed by atoms with Crippen LogP contribution in [0.4, 0.5) is 11.4 Å². The molecule has 0 bridgehead atoms. The number of anilines is 2. The van der Waals surface area contributed by atoms with Crippen LogP contribution in [-0.2, 0) is 9.59 Å². The van der Waals surface area contributed by atoms with Crippen molar-refractivity contribution in [3.05, 3.63) is 66.2 Å². The molecule has 104 valence electrons. The van der Waals surface area contributed by atoms with E-state index in [9.17, 15) is 9.59 Å². The van der Waals surface area contributed by atoms with Gasteiger partial charge < -0.3 is 10.2 Å². The number of nitrogens with one attached hydrogen (secondary N) is 1. The topological polar surface area (TPSA) is 49.4 Å². The molecule has 0 saturated carbocycles. The SMILES string of the molecule is CN1C(=O)/C(=C\C(=O)Nc2ccccc2)c2ccccc21. The van der Waals surface area contributed by atoms with Crippen molar-refractivity contribution in [3.63, 3.8) is 0 Å². The average molecular weight is 278 g/mol. The lowest BCUT2D eigenvalue weighted by atomic mass is 10.1. The summed E-state index contributed by atoms with van der Waals surface area (Å²) in [5.74, 6) is -0.478. The molecule has 2 aromatic rings. The first kappa shape index (κ1) is 13.1. The molecule has 3 rings (SSSR count). The number of carbonyl (C=O) groups excluding carboxylic acids is 2. The minimum absolute atomic E-state index is 0.167. The first-order valence-electron chi connectivity index (χ1n) is 6.62. The molecule has 0 spiro atoms. The van der Waals surface area contributed by atoms with Gasteiger partial charge in [-0.2, -0.15) is 0 Å². The second-order valence-electron chi connectivity index (χ2n) is 4.79. The number of rotatable bonds is 2. The Morgan fingerprint density at radius 2 is 1.71 bits per heavy atom. The number of hydrogen-bond donors (Lipinski definition) is 1. The van der Waals surface area contributed by atoms with Crippen LogP contribution in [0, 0.1) is 0 Å². The molecule has 0 fully saturated rings. The highest BCUT2D eigenvalue weighted by molar-refractivity contribution is 6.35. The molecule has 2 amide bonds. The lowest BCUT2D eigenvalue weighted by Crippen LogP contribution is -2.21. The number of amides is 2. The molecular weight excluding hydrogens is 264 g/mol. The van der Waals surface area contributed by atoms with Gasteiger partial charge in [-0.25, -0.2) is 0 Å². The maximum atomic E-state index is 12.2. The highest BCUT2D eigenvalue weighted by atomic mass is 16.2. The van der Waals surface area contributed by atoms with Gasteiger partial charge in [0.1, 0.15) is 0 Å². The molecule has 1 aliphatic heterocycles. The van der Waals surface area contributed by atoms with Crippen LogP contribution in [-0.4, -0.2) is 18.9 Å². The van der Waals surface area contributed by atoms with E-state index in [-0.39, 0.29) is 11.8 Å². The third kappa shape index (κ3) is 2.43. The summed E-state index contributed by atoms with van der Waals surface area (Å²) in [7, 11) is 1.71. The van der Waals surface area contributed by atoms with Gasteiger partial charge in [0.05, 0.1) is 11.3 Å². The highest BCUT2D eigenvalue weighted by Gasteiger charge is 2.29. The predicted molar refractivity (Wildman–Crippen MR) is 82.9 cm³/mol. The lowest BCUT2D eigenvalue weighted by molar-refractivity contribution is -0.114. The van der Waals surface area contributed by atoms with Crippen LogP contribution in [0.1, 0.15) is 5.56 Å². The number of benzene rings is 2. The molecule has 0 aliphatic carbocycles. The Kier molecular flexibility index (Phi) is 3.28. The standard InChI is InChI=1S/C17H14N2O2/c1-19-15-10-6-5-9-13(15)14(17(19)21)11-16(20)18-12-7-3-2-4-8-12/h2-11H,1H3,(H,18,20)/b14-11-. The van der Waals surface area contributed by atoms with Crippen molar-refractivity contribution in [1.82, 2.24) is 0 Å². The smallest absolute Gasteiger partial charge is 0.258 e. The number of hydrogen-bond acceptors (Lipinski definition) is 2. The molecule has 21 heavy (non-hydrogen) atoms. The maximum Gasteiger partial charge on any atom is 0.258 e. The Balaban J connectivity index is 1.90. The monoisotopic (exact) mass is 278 g/mol. The maximum absolute atomic E-state index is 12.2. The van der Waals surface area contributed by atoms with Crippen molar-refractivity contribution < 1.29 is 9.59 Å². The summed E-state index contributed by atoms with van der Waals surface area (Å²) in [5.41, 5.74) is 2.72. The van der Waals surface area contributed by atoms with Crippen LogP contribution in [0.3, 0.4) is 0 Å². The Hall–Kier alpha value is -2.88. The van der Waals surface area contributed by atoms with Crippen molar-refractivity contribution in [3.8, 4) is 0 Å². The first-order valence-corrected chi connectivity index (χ1v) is 6.62. The normalized spacial score (nSPS) is 15.2. The van der Waals surface area contributed by atoms with E-state index in [4.69, 9.17) is 0 Å². The fraction of sp³-hybridized carbons (Fsp3) is 0.0588. The third-order valence-electron chi connectivity index (χ3n) is 3.41. The minimum atomic E-state index is -0.311. The zero-order valence-electron chi connectivity index (χ0n) is 11.5. The van der Waals surface area contributed by atoms with Crippen LogP contribution in [0.15, 0.2) is 60.7 Å². The van der Waals surface area contributed by atoms with Gasteiger partial charge in [-0.05, 0) is 18.2 Å². The molecule has 2 aromatic carbocycles. The van der Waals surface area contributed by atoms with E-state index < -0.39 is 0 Å². The summed E-state index contributed by atoms with van der Waals surface area (Å²) >= 11 is 0. The molecule has 4 nitrogen and oxygen atoms in total. The van der Waals surface area contributed by atoms with Gasteiger partial charge in [0.25, 0.3) is 5.91 Å². The van der Waals surface area contributed by atoms with Crippen LogP contribution < -0.4 is 10.2 Å². The van der Waals surface area contributed by atoms with Crippen LogP contribution in [0.25, 0.3) is 5.57 Å². The van der Waals surface area contributed by atoms with Crippen molar-refractivity contribution in [1.29, 1.82) is 0 Å². The van der Waals surface area contributed by atoms with E-state index in [1.54, 1.807) is 24.1 Å². The summed E-state index contributed by atoms with van der Waals surface area (Å²) in [6.45, 7) is 0. The molecule has 0 aromatic heterocycles. The summed E-state index contributed by atoms with van der Waals surface area (Å²) in [6.07, 6.45) is 1.36. The molecule has 1 heterocycles. The minimum Gasteiger partial charge on any atom is -0.322 e. The van der Waals surface area contributed by atoms with Crippen molar-refractivity contribution >= 4 is 28.8 Å². The second-order valence-corrected chi connectivity index (χ2v) is 4.79. The summed E-state index contributed by atoms with van der Waals surface area (Å²) in [6, 6.07) is 16.6. The molecule has 0 saturated heterocycles. The number of likely N-dealkylation sites (N-methyl/N-ethyl adjacent to an activating group) is 1. The van der Waals surface area contributed by atoms with Crippen molar-refractivity contribution in [2.75, 3.05) is 17.3 Å².